The standard InChI is InChI=1S/C24H22ClN3O2S/c1-2-3-12-30-20-10-8-17(9-11-20)13-19(15-26)23(29)28-24-27-16-21(31-24)14-18-6-4-5-7-22(18)25/h4-11,13,16H,2-3,12,14H2,1H3,(H,27,28,29)/b19-13+. The summed E-state index contributed by atoms with van der Waals surface area (Å²) in [5, 5.41) is 13.3. The second-order valence-electron chi connectivity index (χ2n) is 6.79. The van der Waals surface area contributed by atoms with Crippen LogP contribution in [0.15, 0.2) is 60.3 Å². The Morgan fingerprint density at radius 3 is 2.74 bits per heavy atom. The van der Waals surface area contributed by atoms with Crippen molar-refractivity contribution >= 4 is 40.1 Å². The highest BCUT2D eigenvalue weighted by Gasteiger charge is 2.13. The number of nitrogens with one attached hydrogen (secondary N) is 1. The Morgan fingerprint density at radius 1 is 1.26 bits per heavy atom. The number of rotatable bonds is 9. The van der Waals surface area contributed by atoms with Crippen molar-refractivity contribution in [1.29, 1.82) is 5.26 Å². The topological polar surface area (TPSA) is 75.0 Å². The molecule has 0 aliphatic heterocycles. The zero-order chi connectivity index (χ0) is 22.1. The fourth-order valence-corrected chi connectivity index (χ4v) is 3.78. The minimum atomic E-state index is -0.496. The van der Waals surface area contributed by atoms with Gasteiger partial charge in [0, 0.05) is 22.5 Å². The van der Waals surface area contributed by atoms with Crippen LogP contribution in [0.1, 0.15) is 35.8 Å². The smallest absolute Gasteiger partial charge is 0.268 e. The van der Waals surface area contributed by atoms with Gasteiger partial charge >= 0.3 is 0 Å². The average Bonchev–Trinajstić information content (AvgIpc) is 3.21. The Balaban J connectivity index is 1.63. The first kappa shape index (κ1) is 22.5. The van der Waals surface area contributed by atoms with E-state index >= 15 is 0 Å². The first-order chi connectivity index (χ1) is 15.1. The number of anilines is 1. The van der Waals surface area contributed by atoms with Crippen LogP contribution in [0.4, 0.5) is 5.13 Å². The van der Waals surface area contributed by atoms with Crippen LogP contribution in [0.5, 0.6) is 5.75 Å². The summed E-state index contributed by atoms with van der Waals surface area (Å²) < 4.78 is 5.63. The number of carbonyl (C=O) groups excluding carboxylic acids is 1. The van der Waals surface area contributed by atoms with Gasteiger partial charge in [-0.15, -0.1) is 11.3 Å². The fourth-order valence-electron chi connectivity index (χ4n) is 2.75. The molecule has 1 heterocycles. The molecule has 0 unspecified atom stereocenters. The minimum Gasteiger partial charge on any atom is -0.494 e. The molecule has 0 bridgehead atoms. The van der Waals surface area contributed by atoms with Crippen molar-refractivity contribution in [1.82, 2.24) is 4.98 Å². The van der Waals surface area contributed by atoms with E-state index in [1.165, 1.54) is 11.3 Å². The van der Waals surface area contributed by atoms with E-state index in [4.69, 9.17) is 16.3 Å². The molecule has 3 aromatic rings. The van der Waals surface area contributed by atoms with Gasteiger partial charge in [-0.05, 0) is 41.8 Å². The van der Waals surface area contributed by atoms with Crippen LogP contribution in [0.25, 0.3) is 6.08 Å². The Morgan fingerprint density at radius 2 is 2.03 bits per heavy atom. The zero-order valence-electron chi connectivity index (χ0n) is 17.1. The number of amides is 1. The van der Waals surface area contributed by atoms with Crippen molar-refractivity contribution in [3.63, 3.8) is 0 Å². The van der Waals surface area contributed by atoms with E-state index in [0.29, 0.717) is 23.2 Å². The third-order valence-corrected chi connectivity index (χ3v) is 5.70. The molecule has 5 nitrogen and oxygen atoms in total. The Bertz CT molecular complexity index is 1100. The third-order valence-electron chi connectivity index (χ3n) is 4.42. The molecule has 0 spiro atoms. The molecule has 0 saturated heterocycles. The van der Waals surface area contributed by atoms with Gasteiger partial charge in [0.05, 0.1) is 6.61 Å². The average molecular weight is 452 g/mol. The molecule has 1 amide bonds. The minimum absolute atomic E-state index is 0.00232. The van der Waals surface area contributed by atoms with Crippen molar-refractivity contribution in [2.75, 3.05) is 11.9 Å². The van der Waals surface area contributed by atoms with Crippen LogP contribution in [-0.2, 0) is 11.2 Å². The number of nitrogens with zero attached hydrogens (tertiary/aromatic N) is 2. The lowest BCUT2D eigenvalue weighted by molar-refractivity contribution is -0.112. The number of benzene rings is 2. The lowest BCUT2D eigenvalue weighted by atomic mass is 10.1. The second-order valence-corrected chi connectivity index (χ2v) is 8.32. The first-order valence-electron chi connectivity index (χ1n) is 9.93. The van der Waals surface area contributed by atoms with Crippen LogP contribution in [0.3, 0.4) is 0 Å². The maximum atomic E-state index is 12.5. The summed E-state index contributed by atoms with van der Waals surface area (Å²) in [6, 6.07) is 16.9. The summed E-state index contributed by atoms with van der Waals surface area (Å²) >= 11 is 7.56. The Hall–Kier alpha value is -3.14. The van der Waals surface area contributed by atoms with Gasteiger partial charge in [-0.25, -0.2) is 4.98 Å². The van der Waals surface area contributed by atoms with Crippen LogP contribution in [0.2, 0.25) is 5.02 Å². The van der Waals surface area contributed by atoms with Gasteiger partial charge in [0.2, 0.25) is 0 Å². The van der Waals surface area contributed by atoms with Crippen molar-refractivity contribution in [3.8, 4) is 11.8 Å². The number of ether oxygens (including phenoxy) is 1. The molecule has 158 valence electrons. The molecule has 0 radical (unpaired) electrons. The molecule has 0 saturated carbocycles. The monoisotopic (exact) mass is 451 g/mol. The summed E-state index contributed by atoms with van der Waals surface area (Å²) in [6.07, 6.45) is 5.94. The Labute approximate surface area is 191 Å². The molecule has 0 atom stereocenters. The van der Waals surface area contributed by atoms with Gasteiger partial charge in [0.25, 0.3) is 5.91 Å². The quantitative estimate of drug-likeness (QED) is 0.242. The third kappa shape index (κ3) is 6.68. The van der Waals surface area contributed by atoms with E-state index in [9.17, 15) is 10.1 Å². The molecule has 2 aromatic carbocycles. The zero-order valence-corrected chi connectivity index (χ0v) is 18.7. The summed E-state index contributed by atoms with van der Waals surface area (Å²) in [7, 11) is 0. The number of hydrogen-bond donors (Lipinski definition) is 1. The van der Waals surface area contributed by atoms with Crippen molar-refractivity contribution < 1.29 is 9.53 Å². The largest absolute Gasteiger partial charge is 0.494 e. The number of thiazole rings is 1. The molecule has 3 rings (SSSR count). The summed E-state index contributed by atoms with van der Waals surface area (Å²) in [5.41, 5.74) is 1.74. The molecule has 31 heavy (non-hydrogen) atoms. The van der Waals surface area contributed by atoms with Gasteiger partial charge in [-0.3, -0.25) is 10.1 Å². The molecule has 0 aliphatic carbocycles. The van der Waals surface area contributed by atoms with E-state index in [0.717, 1.165) is 34.6 Å². The van der Waals surface area contributed by atoms with E-state index in [-0.39, 0.29) is 5.57 Å². The van der Waals surface area contributed by atoms with E-state index < -0.39 is 5.91 Å². The maximum absolute atomic E-state index is 12.5. The maximum Gasteiger partial charge on any atom is 0.268 e. The van der Waals surface area contributed by atoms with E-state index in [1.54, 1.807) is 12.3 Å². The number of carbonyl (C=O) groups is 1. The SMILES string of the molecule is CCCCOc1ccc(/C=C(\C#N)C(=O)Nc2ncc(Cc3ccccc3Cl)s2)cc1. The van der Waals surface area contributed by atoms with Gasteiger partial charge < -0.3 is 4.74 Å². The Kier molecular flexibility index (Phi) is 8.22. The highest BCUT2D eigenvalue weighted by molar-refractivity contribution is 7.15. The van der Waals surface area contributed by atoms with Gasteiger partial charge in [-0.2, -0.15) is 5.26 Å². The molecule has 1 N–H and O–H groups in total. The van der Waals surface area contributed by atoms with E-state index in [1.807, 2.05) is 54.6 Å². The number of hydrogen-bond acceptors (Lipinski definition) is 5. The fraction of sp³-hybridized carbons (Fsp3) is 0.208. The summed E-state index contributed by atoms with van der Waals surface area (Å²) in [4.78, 5) is 17.7. The molecule has 7 heteroatoms. The van der Waals surface area contributed by atoms with Gasteiger partial charge in [0.1, 0.15) is 17.4 Å². The molecular weight excluding hydrogens is 430 g/mol. The molecule has 1 aromatic heterocycles. The van der Waals surface area contributed by atoms with Crippen molar-refractivity contribution in [2.24, 2.45) is 0 Å². The first-order valence-corrected chi connectivity index (χ1v) is 11.1. The highest BCUT2D eigenvalue weighted by atomic mass is 35.5. The molecular formula is C24H22ClN3O2S. The number of nitriles is 1. The van der Waals surface area contributed by atoms with Crippen molar-refractivity contribution in [2.45, 2.75) is 26.2 Å². The van der Waals surface area contributed by atoms with Crippen molar-refractivity contribution in [3.05, 3.63) is 81.3 Å². The summed E-state index contributed by atoms with van der Waals surface area (Å²) in [5.74, 6) is 0.270. The van der Waals surface area contributed by atoms with Crippen LogP contribution in [0, 0.1) is 11.3 Å². The lowest BCUT2D eigenvalue weighted by Crippen LogP contribution is -2.13. The lowest BCUT2D eigenvalue weighted by Gasteiger charge is -2.05. The van der Waals surface area contributed by atoms with Gasteiger partial charge in [-0.1, -0.05) is 55.3 Å². The van der Waals surface area contributed by atoms with Crippen LogP contribution in [-0.4, -0.2) is 17.5 Å². The highest BCUT2D eigenvalue weighted by Crippen LogP contribution is 2.25. The van der Waals surface area contributed by atoms with E-state index in [2.05, 4.69) is 17.2 Å². The van der Waals surface area contributed by atoms with Crippen LogP contribution >= 0.6 is 22.9 Å². The molecule has 0 fully saturated rings. The summed E-state index contributed by atoms with van der Waals surface area (Å²) in [6.45, 7) is 2.78. The molecule has 0 aliphatic rings. The van der Waals surface area contributed by atoms with Crippen LogP contribution < -0.4 is 10.1 Å². The predicted molar refractivity (Wildman–Crippen MR) is 125 cm³/mol. The number of unbranched alkanes of at least 4 members (excludes halogenated alkanes) is 1. The normalized spacial score (nSPS) is 11.1. The predicted octanol–water partition coefficient (Wildman–Crippen LogP) is 6.11. The van der Waals surface area contributed by atoms with Gasteiger partial charge in [0.15, 0.2) is 5.13 Å². The second kappa shape index (κ2) is 11.3. The number of halogens is 1. The number of aromatic nitrogens is 1.